The molecule has 154 valence electrons. The normalized spacial score (nSPS) is 10.7. The zero-order valence-electron chi connectivity index (χ0n) is 15.4. The van der Waals surface area contributed by atoms with Gasteiger partial charge in [0.2, 0.25) is 0 Å². The molecule has 3 rings (SSSR count). The van der Waals surface area contributed by atoms with Crippen LogP contribution in [0.15, 0.2) is 71.9 Å². The summed E-state index contributed by atoms with van der Waals surface area (Å²) < 4.78 is 38.3. The van der Waals surface area contributed by atoms with Gasteiger partial charge in [0, 0.05) is 24.0 Å². The van der Waals surface area contributed by atoms with Crippen molar-refractivity contribution >= 4 is 29.3 Å². The second-order valence-corrected chi connectivity index (χ2v) is 7.06. The molecule has 0 bridgehead atoms. The molecule has 1 heterocycles. The fourth-order valence-corrected chi connectivity index (χ4v) is 3.16. The van der Waals surface area contributed by atoms with Gasteiger partial charge in [-0.3, -0.25) is 9.59 Å². The number of pyridine rings is 1. The Kier molecular flexibility index (Phi) is 7.08. The van der Waals surface area contributed by atoms with Crippen LogP contribution in [0.25, 0.3) is 0 Å². The molecule has 0 atom stereocenters. The molecule has 0 spiro atoms. The van der Waals surface area contributed by atoms with Gasteiger partial charge in [0.15, 0.2) is 0 Å². The SMILES string of the molecule is O=C(Nc1cccc(CNC(=O)c2cccnc2SC(F)F)c1)c1ccc(F)cc1. The Bertz CT molecular complexity index is 1050. The zero-order valence-corrected chi connectivity index (χ0v) is 16.3. The van der Waals surface area contributed by atoms with E-state index >= 15 is 0 Å². The summed E-state index contributed by atoms with van der Waals surface area (Å²) in [5, 5.41) is 5.30. The Balaban J connectivity index is 1.64. The molecule has 0 aliphatic heterocycles. The first-order chi connectivity index (χ1) is 14.4. The maximum absolute atomic E-state index is 13.0. The van der Waals surface area contributed by atoms with E-state index in [2.05, 4.69) is 15.6 Å². The maximum Gasteiger partial charge on any atom is 0.290 e. The van der Waals surface area contributed by atoms with E-state index in [1.165, 1.54) is 42.6 Å². The molecular weight excluding hydrogens is 415 g/mol. The van der Waals surface area contributed by atoms with Crippen molar-refractivity contribution in [3.63, 3.8) is 0 Å². The number of alkyl halides is 2. The van der Waals surface area contributed by atoms with Crippen molar-refractivity contribution < 1.29 is 22.8 Å². The summed E-state index contributed by atoms with van der Waals surface area (Å²) in [6.07, 6.45) is 1.34. The summed E-state index contributed by atoms with van der Waals surface area (Å²) in [6, 6.07) is 14.8. The number of amides is 2. The second kappa shape index (κ2) is 9.93. The number of anilines is 1. The maximum atomic E-state index is 13.0. The highest BCUT2D eigenvalue weighted by Crippen LogP contribution is 2.26. The topological polar surface area (TPSA) is 71.1 Å². The molecule has 0 radical (unpaired) electrons. The number of halogens is 3. The third-order valence-corrected chi connectivity index (χ3v) is 4.69. The van der Waals surface area contributed by atoms with Gasteiger partial charge in [-0.25, -0.2) is 9.37 Å². The second-order valence-electron chi connectivity index (χ2n) is 6.08. The first kappa shape index (κ1) is 21.4. The molecule has 0 saturated carbocycles. The van der Waals surface area contributed by atoms with Crippen LogP contribution >= 0.6 is 11.8 Å². The van der Waals surface area contributed by atoms with Crippen LogP contribution in [-0.2, 0) is 6.54 Å². The number of thioether (sulfide) groups is 1. The highest BCUT2D eigenvalue weighted by Gasteiger charge is 2.16. The summed E-state index contributed by atoms with van der Waals surface area (Å²) in [5.74, 6) is -4.06. The number of carbonyl (C=O) groups is 2. The minimum absolute atomic E-state index is 0.0506. The van der Waals surface area contributed by atoms with Gasteiger partial charge in [-0.1, -0.05) is 12.1 Å². The van der Waals surface area contributed by atoms with E-state index in [-0.39, 0.29) is 28.9 Å². The number of rotatable bonds is 7. The molecule has 0 unspecified atom stereocenters. The minimum atomic E-state index is -2.69. The number of benzene rings is 2. The van der Waals surface area contributed by atoms with E-state index in [0.717, 1.165) is 0 Å². The summed E-state index contributed by atoms with van der Waals surface area (Å²) in [7, 11) is 0. The Morgan fingerprint density at radius 3 is 2.50 bits per heavy atom. The van der Waals surface area contributed by atoms with E-state index in [4.69, 9.17) is 0 Å². The predicted molar refractivity (Wildman–Crippen MR) is 108 cm³/mol. The third-order valence-electron chi connectivity index (χ3n) is 3.96. The molecule has 0 fully saturated rings. The van der Waals surface area contributed by atoms with E-state index in [0.29, 0.717) is 16.8 Å². The lowest BCUT2D eigenvalue weighted by Gasteiger charge is -2.10. The first-order valence-electron chi connectivity index (χ1n) is 8.76. The first-order valence-corrected chi connectivity index (χ1v) is 9.64. The fraction of sp³-hybridized carbons (Fsp3) is 0.0952. The standard InChI is InChI=1S/C21H16F3N3O2S/c22-15-8-6-14(7-9-15)18(28)27-16-4-1-3-13(11-16)12-26-19(29)17-5-2-10-25-20(17)30-21(23)24/h1-11,21H,12H2,(H,26,29)(H,27,28). The average molecular weight is 431 g/mol. The van der Waals surface area contributed by atoms with E-state index in [1.807, 2.05) is 0 Å². The molecule has 2 aromatic carbocycles. The van der Waals surface area contributed by atoms with Crippen molar-refractivity contribution in [1.82, 2.24) is 10.3 Å². The summed E-state index contributed by atoms with van der Waals surface area (Å²) in [4.78, 5) is 28.5. The Hall–Kier alpha value is -3.33. The third kappa shape index (κ3) is 5.84. The quantitative estimate of drug-likeness (QED) is 0.531. The number of nitrogens with one attached hydrogen (secondary N) is 2. The lowest BCUT2D eigenvalue weighted by molar-refractivity contribution is 0.0946. The number of carbonyl (C=O) groups excluding carboxylic acids is 2. The molecular formula is C21H16F3N3O2S. The molecule has 0 aliphatic rings. The number of hydrogen-bond acceptors (Lipinski definition) is 4. The number of nitrogens with zero attached hydrogens (tertiary/aromatic N) is 1. The highest BCUT2D eigenvalue weighted by atomic mass is 32.2. The highest BCUT2D eigenvalue weighted by molar-refractivity contribution is 7.99. The fourth-order valence-electron chi connectivity index (χ4n) is 2.58. The number of aromatic nitrogens is 1. The monoisotopic (exact) mass is 431 g/mol. The average Bonchev–Trinajstić information content (AvgIpc) is 2.73. The van der Waals surface area contributed by atoms with E-state index in [9.17, 15) is 22.8 Å². The van der Waals surface area contributed by atoms with Crippen molar-refractivity contribution in [3.8, 4) is 0 Å². The van der Waals surface area contributed by atoms with Gasteiger partial charge in [-0.2, -0.15) is 8.78 Å². The zero-order chi connectivity index (χ0) is 21.5. The van der Waals surface area contributed by atoms with E-state index in [1.54, 1.807) is 24.3 Å². The van der Waals surface area contributed by atoms with Gasteiger partial charge in [0.05, 0.1) is 5.56 Å². The van der Waals surface area contributed by atoms with Gasteiger partial charge in [0.25, 0.3) is 17.6 Å². The van der Waals surface area contributed by atoms with Crippen molar-refractivity contribution in [2.45, 2.75) is 17.3 Å². The number of hydrogen-bond donors (Lipinski definition) is 2. The van der Waals surface area contributed by atoms with Gasteiger partial charge >= 0.3 is 0 Å². The van der Waals surface area contributed by atoms with Crippen molar-refractivity contribution in [1.29, 1.82) is 0 Å². The Morgan fingerprint density at radius 2 is 1.77 bits per heavy atom. The lowest BCUT2D eigenvalue weighted by atomic mass is 10.1. The van der Waals surface area contributed by atoms with Crippen LogP contribution in [-0.4, -0.2) is 22.6 Å². The van der Waals surface area contributed by atoms with Crippen molar-refractivity contribution in [2.75, 3.05) is 5.32 Å². The summed E-state index contributed by atoms with van der Waals surface area (Å²) in [6.45, 7) is 0.118. The van der Waals surface area contributed by atoms with Crippen molar-refractivity contribution in [3.05, 3.63) is 89.4 Å². The molecule has 9 heteroatoms. The minimum Gasteiger partial charge on any atom is -0.348 e. The van der Waals surface area contributed by atoms with Crippen LogP contribution in [0, 0.1) is 5.82 Å². The smallest absolute Gasteiger partial charge is 0.290 e. The molecule has 0 saturated heterocycles. The molecule has 0 aliphatic carbocycles. The van der Waals surface area contributed by atoms with Crippen molar-refractivity contribution in [2.24, 2.45) is 0 Å². The Morgan fingerprint density at radius 1 is 1.00 bits per heavy atom. The molecule has 5 nitrogen and oxygen atoms in total. The summed E-state index contributed by atoms with van der Waals surface area (Å²) in [5.41, 5.74) is 1.54. The van der Waals surface area contributed by atoms with Crippen LogP contribution in [0.1, 0.15) is 26.3 Å². The van der Waals surface area contributed by atoms with Crippen LogP contribution in [0.5, 0.6) is 0 Å². The largest absolute Gasteiger partial charge is 0.348 e. The van der Waals surface area contributed by atoms with E-state index < -0.39 is 23.4 Å². The molecule has 30 heavy (non-hydrogen) atoms. The Labute approximate surface area is 174 Å². The van der Waals surface area contributed by atoms with Gasteiger partial charge in [-0.05, 0) is 65.9 Å². The van der Waals surface area contributed by atoms with Crippen LogP contribution in [0.3, 0.4) is 0 Å². The summed E-state index contributed by atoms with van der Waals surface area (Å²) >= 11 is 0.207. The van der Waals surface area contributed by atoms with Gasteiger partial charge < -0.3 is 10.6 Å². The van der Waals surface area contributed by atoms with Crippen LogP contribution in [0.2, 0.25) is 0 Å². The van der Waals surface area contributed by atoms with Crippen LogP contribution < -0.4 is 10.6 Å². The van der Waals surface area contributed by atoms with Gasteiger partial charge in [0.1, 0.15) is 10.8 Å². The molecule has 1 aromatic heterocycles. The molecule has 2 amide bonds. The molecule has 2 N–H and O–H groups in total. The predicted octanol–water partition coefficient (Wildman–Crippen LogP) is 4.72. The van der Waals surface area contributed by atoms with Crippen LogP contribution in [0.4, 0.5) is 18.9 Å². The van der Waals surface area contributed by atoms with Gasteiger partial charge in [-0.15, -0.1) is 0 Å². The lowest BCUT2D eigenvalue weighted by Crippen LogP contribution is -2.24. The molecule has 3 aromatic rings.